The molecule has 1 unspecified atom stereocenters. The molecular formula is C29H54N2O3. The molecule has 0 fully saturated rings. The van der Waals surface area contributed by atoms with E-state index in [0.29, 0.717) is 19.5 Å². The minimum Gasteiger partial charge on any atom is -0.365 e. The molecule has 0 heterocycles. The fourth-order valence-electron chi connectivity index (χ4n) is 3.29. The molecule has 1 aliphatic carbocycles. The number of ether oxygens (including phenoxy) is 1. The molecule has 0 saturated heterocycles. The first-order chi connectivity index (χ1) is 16.2. The maximum atomic E-state index is 11.5. The summed E-state index contributed by atoms with van der Waals surface area (Å²) in [5.41, 5.74) is -0.333. The molecule has 34 heavy (non-hydrogen) atoms. The van der Waals surface area contributed by atoms with Gasteiger partial charge < -0.3 is 15.4 Å². The molecule has 0 spiro atoms. The lowest BCUT2D eigenvalue weighted by Gasteiger charge is -2.23. The number of hydrogen-bond acceptors (Lipinski definition) is 3. The van der Waals surface area contributed by atoms with Gasteiger partial charge in [-0.3, -0.25) is 9.59 Å². The number of hydrogen-bond donors (Lipinski definition) is 2. The van der Waals surface area contributed by atoms with Gasteiger partial charge in [-0.2, -0.15) is 0 Å². The minimum absolute atomic E-state index is 0.0552. The molecule has 1 rings (SSSR count). The van der Waals surface area contributed by atoms with Crippen molar-refractivity contribution in [2.75, 3.05) is 19.7 Å². The molecule has 0 aromatic rings. The fraction of sp³-hybridized carbons (Fsp3) is 0.724. The average Bonchev–Trinajstić information content (AvgIpc) is 2.78. The van der Waals surface area contributed by atoms with Crippen molar-refractivity contribution < 1.29 is 14.3 Å². The van der Waals surface area contributed by atoms with E-state index in [-0.39, 0.29) is 24.0 Å². The third kappa shape index (κ3) is 26.4. The number of carbonyl (C=O) groups is 2. The quantitative estimate of drug-likeness (QED) is 0.237. The van der Waals surface area contributed by atoms with Gasteiger partial charge in [-0.25, -0.2) is 0 Å². The first kappa shape index (κ1) is 34.3. The van der Waals surface area contributed by atoms with Crippen molar-refractivity contribution in [1.29, 1.82) is 0 Å². The molecule has 0 radical (unpaired) electrons. The summed E-state index contributed by atoms with van der Waals surface area (Å²) in [5.74, 6) is 0.849. The van der Waals surface area contributed by atoms with Crippen molar-refractivity contribution in [3.8, 4) is 0 Å². The van der Waals surface area contributed by atoms with Crippen LogP contribution in [0.4, 0.5) is 0 Å². The Balaban J connectivity index is 0. The van der Waals surface area contributed by atoms with Crippen LogP contribution in [0.25, 0.3) is 0 Å². The third-order valence-corrected chi connectivity index (χ3v) is 5.37. The summed E-state index contributed by atoms with van der Waals surface area (Å²) in [7, 11) is 0. The summed E-state index contributed by atoms with van der Waals surface area (Å²) >= 11 is 0. The van der Waals surface area contributed by atoms with Gasteiger partial charge in [0.15, 0.2) is 0 Å². The lowest BCUT2D eigenvalue weighted by Crippen LogP contribution is -2.34. The van der Waals surface area contributed by atoms with Crippen LogP contribution in [0.3, 0.4) is 0 Å². The van der Waals surface area contributed by atoms with E-state index in [2.05, 4.69) is 43.2 Å². The van der Waals surface area contributed by atoms with Gasteiger partial charge in [0.1, 0.15) is 6.61 Å². The summed E-state index contributed by atoms with van der Waals surface area (Å²) < 4.78 is 5.56. The maximum absolute atomic E-state index is 11.5. The predicted molar refractivity (Wildman–Crippen MR) is 147 cm³/mol. The highest BCUT2D eigenvalue weighted by atomic mass is 16.5. The van der Waals surface area contributed by atoms with Crippen LogP contribution < -0.4 is 10.6 Å². The molecule has 0 aliphatic heterocycles. The van der Waals surface area contributed by atoms with Gasteiger partial charge in [0.05, 0.1) is 5.60 Å². The molecule has 0 saturated carbocycles. The Labute approximate surface area is 210 Å². The zero-order chi connectivity index (χ0) is 26.1. The van der Waals surface area contributed by atoms with E-state index in [4.69, 9.17) is 4.74 Å². The van der Waals surface area contributed by atoms with Gasteiger partial charge >= 0.3 is 0 Å². The second kappa shape index (κ2) is 24.3. The topological polar surface area (TPSA) is 67.4 Å². The molecule has 1 atom stereocenters. The smallest absolute Gasteiger partial charge is 0.246 e. The van der Waals surface area contributed by atoms with Crippen LogP contribution in [0.5, 0.6) is 0 Å². The predicted octanol–water partition coefficient (Wildman–Crippen LogP) is 6.90. The molecule has 0 bridgehead atoms. The summed E-state index contributed by atoms with van der Waals surface area (Å²) in [6.45, 7) is 16.4. The summed E-state index contributed by atoms with van der Waals surface area (Å²) in [4.78, 5) is 22.1. The van der Waals surface area contributed by atoms with E-state index in [1.54, 1.807) is 0 Å². The lowest BCUT2D eigenvalue weighted by molar-refractivity contribution is -0.131. The average molecular weight is 479 g/mol. The zero-order valence-corrected chi connectivity index (χ0v) is 23.1. The SMILES string of the molecule is C/C=C\CC(C)(C)OCC(=O)NCCCNC(C)=O.C=CCC.CCCC1CC/C=C/CCC1. The minimum atomic E-state index is -0.333. The van der Waals surface area contributed by atoms with E-state index in [1.165, 1.54) is 51.9 Å². The number of amides is 2. The van der Waals surface area contributed by atoms with Crippen molar-refractivity contribution in [2.45, 2.75) is 111 Å². The molecule has 2 amide bonds. The Hall–Kier alpha value is -1.88. The van der Waals surface area contributed by atoms with Crippen LogP contribution in [0, 0.1) is 5.92 Å². The lowest BCUT2D eigenvalue weighted by atomic mass is 9.91. The van der Waals surface area contributed by atoms with E-state index in [0.717, 1.165) is 18.8 Å². The fourth-order valence-corrected chi connectivity index (χ4v) is 3.29. The Morgan fingerprint density at radius 2 is 1.76 bits per heavy atom. The molecule has 5 heteroatoms. The summed E-state index contributed by atoms with van der Waals surface area (Å²) in [6, 6.07) is 0. The molecule has 0 aromatic carbocycles. The van der Waals surface area contributed by atoms with E-state index in [9.17, 15) is 9.59 Å². The van der Waals surface area contributed by atoms with Crippen LogP contribution in [0.2, 0.25) is 0 Å². The van der Waals surface area contributed by atoms with E-state index in [1.807, 2.05) is 39.0 Å². The van der Waals surface area contributed by atoms with Crippen LogP contribution >= 0.6 is 0 Å². The van der Waals surface area contributed by atoms with Crippen LogP contribution in [0.1, 0.15) is 106 Å². The molecular weight excluding hydrogens is 424 g/mol. The highest BCUT2D eigenvalue weighted by Gasteiger charge is 2.17. The van der Waals surface area contributed by atoms with Crippen LogP contribution in [0.15, 0.2) is 37.0 Å². The number of allylic oxidation sites excluding steroid dienone is 4. The van der Waals surface area contributed by atoms with Crippen LogP contribution in [-0.4, -0.2) is 37.1 Å². The van der Waals surface area contributed by atoms with Crippen molar-refractivity contribution >= 4 is 11.8 Å². The molecule has 1 aliphatic rings. The van der Waals surface area contributed by atoms with Gasteiger partial charge in [0, 0.05) is 20.0 Å². The Kier molecular flexibility index (Phi) is 24.5. The number of nitrogens with one attached hydrogen (secondary N) is 2. The maximum Gasteiger partial charge on any atom is 0.246 e. The Morgan fingerprint density at radius 1 is 1.12 bits per heavy atom. The van der Waals surface area contributed by atoms with Gasteiger partial charge in [-0.15, -0.1) is 6.58 Å². The normalized spacial score (nSPS) is 16.6. The van der Waals surface area contributed by atoms with E-state index >= 15 is 0 Å². The molecule has 0 aromatic heterocycles. The monoisotopic (exact) mass is 478 g/mol. The molecule has 5 nitrogen and oxygen atoms in total. The first-order valence-corrected chi connectivity index (χ1v) is 13.2. The second-order valence-corrected chi connectivity index (χ2v) is 9.34. The first-order valence-electron chi connectivity index (χ1n) is 13.2. The highest BCUT2D eigenvalue weighted by Crippen LogP contribution is 2.22. The summed E-state index contributed by atoms with van der Waals surface area (Å²) in [5, 5.41) is 5.42. The Morgan fingerprint density at radius 3 is 2.35 bits per heavy atom. The van der Waals surface area contributed by atoms with E-state index < -0.39 is 0 Å². The third-order valence-electron chi connectivity index (χ3n) is 5.37. The Bertz CT molecular complexity index is 568. The van der Waals surface area contributed by atoms with Crippen molar-refractivity contribution in [2.24, 2.45) is 5.92 Å². The van der Waals surface area contributed by atoms with Gasteiger partial charge in [0.25, 0.3) is 0 Å². The van der Waals surface area contributed by atoms with Gasteiger partial charge in [-0.1, -0.05) is 63.5 Å². The van der Waals surface area contributed by atoms with Crippen molar-refractivity contribution in [3.63, 3.8) is 0 Å². The van der Waals surface area contributed by atoms with Gasteiger partial charge in [-0.05, 0) is 71.6 Å². The van der Waals surface area contributed by atoms with Crippen molar-refractivity contribution in [3.05, 3.63) is 37.0 Å². The molecule has 198 valence electrons. The van der Waals surface area contributed by atoms with Crippen LogP contribution in [-0.2, 0) is 14.3 Å². The summed E-state index contributed by atoms with van der Waals surface area (Å²) in [6.07, 6.45) is 22.9. The zero-order valence-electron chi connectivity index (χ0n) is 23.1. The second-order valence-electron chi connectivity index (χ2n) is 9.34. The number of rotatable bonds is 12. The van der Waals surface area contributed by atoms with Gasteiger partial charge in [0.2, 0.25) is 11.8 Å². The number of carbonyl (C=O) groups excluding carboxylic acids is 2. The van der Waals surface area contributed by atoms with Crippen molar-refractivity contribution in [1.82, 2.24) is 10.6 Å². The highest BCUT2D eigenvalue weighted by molar-refractivity contribution is 5.77. The standard InChI is InChI=1S/C14H26N2O3.C11H20.C4H8/c1-5-6-8-14(3,4)19-11-13(18)16-10-7-9-15-12(2)17;1-2-8-11-9-6-4-3-5-7-10-11;1-3-4-2/h5-6H,7-11H2,1-4H3,(H,15,17)(H,16,18);3-4,11H,2,5-10H2,1H3;3H,1,4H2,2H3/b6-5-;4-3+;. The molecule has 2 N–H and O–H groups in total. The largest absolute Gasteiger partial charge is 0.365 e.